The number of amides is 4. The maximum Gasteiger partial charge on any atom is 0.326 e. The first-order chi connectivity index (χ1) is 15.5. The van der Waals surface area contributed by atoms with E-state index in [0.717, 1.165) is 4.90 Å². The smallest absolute Gasteiger partial charge is 0.326 e. The van der Waals surface area contributed by atoms with Crippen LogP contribution in [0.2, 0.25) is 0 Å². The number of carbonyl (C=O) groups excluding carboxylic acids is 4. The molecule has 0 radical (unpaired) electrons. The summed E-state index contributed by atoms with van der Waals surface area (Å²) in [6.45, 7) is 1.56. The molecule has 4 amide bonds. The zero-order chi connectivity index (χ0) is 24.7. The van der Waals surface area contributed by atoms with Crippen molar-refractivity contribution in [3.05, 3.63) is 29.8 Å². The van der Waals surface area contributed by atoms with Crippen molar-refractivity contribution >= 4 is 29.6 Å². The van der Waals surface area contributed by atoms with Gasteiger partial charge in [-0.25, -0.2) is 4.79 Å². The average Bonchev–Trinajstić information content (AvgIpc) is 3.24. The minimum absolute atomic E-state index is 0.0748. The molecule has 1 aromatic carbocycles. The molecule has 1 aliphatic heterocycles. The third-order valence-electron chi connectivity index (χ3n) is 5.32. The second kappa shape index (κ2) is 11.3. The van der Waals surface area contributed by atoms with E-state index in [1.54, 1.807) is 12.1 Å². The lowest BCUT2D eigenvalue weighted by atomic mass is 10.1. The molecule has 0 aliphatic carbocycles. The highest BCUT2D eigenvalue weighted by molar-refractivity contribution is 5.96. The van der Waals surface area contributed by atoms with E-state index < -0.39 is 60.2 Å². The normalized spacial score (nSPS) is 18.1. The van der Waals surface area contributed by atoms with Gasteiger partial charge in [0.05, 0.1) is 12.5 Å². The molecule has 4 atom stereocenters. The zero-order valence-corrected chi connectivity index (χ0v) is 18.2. The number of carbonyl (C=O) groups is 5. The van der Waals surface area contributed by atoms with Gasteiger partial charge in [0.25, 0.3) is 0 Å². The van der Waals surface area contributed by atoms with Crippen LogP contribution in [0.1, 0.15) is 31.7 Å². The lowest BCUT2D eigenvalue weighted by molar-refractivity contribution is -0.149. The summed E-state index contributed by atoms with van der Waals surface area (Å²) in [5.41, 5.74) is 11.8. The van der Waals surface area contributed by atoms with Gasteiger partial charge in [0.2, 0.25) is 23.6 Å². The van der Waals surface area contributed by atoms with Crippen LogP contribution in [-0.2, 0) is 30.4 Å². The number of carboxylic acids is 1. The summed E-state index contributed by atoms with van der Waals surface area (Å²) < 4.78 is 0. The number of benzene rings is 1. The zero-order valence-electron chi connectivity index (χ0n) is 18.2. The van der Waals surface area contributed by atoms with E-state index in [2.05, 4.69) is 10.6 Å². The Morgan fingerprint density at radius 2 is 1.76 bits per heavy atom. The van der Waals surface area contributed by atoms with Crippen LogP contribution in [0, 0.1) is 0 Å². The molecule has 1 aromatic rings. The number of hydrogen-bond acceptors (Lipinski definition) is 7. The van der Waals surface area contributed by atoms with Crippen molar-refractivity contribution in [1.29, 1.82) is 0 Å². The van der Waals surface area contributed by atoms with E-state index in [0.29, 0.717) is 12.0 Å². The van der Waals surface area contributed by atoms with E-state index in [-0.39, 0.29) is 25.1 Å². The number of phenols is 1. The van der Waals surface area contributed by atoms with Gasteiger partial charge in [-0.15, -0.1) is 0 Å². The van der Waals surface area contributed by atoms with Crippen LogP contribution in [0.3, 0.4) is 0 Å². The summed E-state index contributed by atoms with van der Waals surface area (Å²) in [5, 5.41) is 23.4. The molecule has 0 bridgehead atoms. The number of hydrogen-bond donors (Lipinski definition) is 6. The molecule has 2 rings (SSSR count). The number of primary amides is 1. The molecular formula is C21H29N5O7. The maximum atomic E-state index is 12.8. The standard InChI is InChI=1S/C21H29N5O7/c1-11(24-19(30)14(22)9-12-4-6-13(27)7-5-12)18(29)25-15(10-17(23)28)20(31)26-8-2-3-16(26)21(32)33/h4-7,11,14-16,27H,2-3,8-10,22H2,1H3,(H2,23,28)(H,24,30)(H,25,29)(H,32,33). The molecule has 0 spiro atoms. The average molecular weight is 463 g/mol. The van der Waals surface area contributed by atoms with Crippen LogP contribution in [0.4, 0.5) is 0 Å². The number of rotatable bonds is 10. The van der Waals surface area contributed by atoms with Crippen molar-refractivity contribution in [2.45, 2.75) is 56.8 Å². The first-order valence-corrected chi connectivity index (χ1v) is 10.5. The second-order valence-corrected chi connectivity index (χ2v) is 7.97. The minimum Gasteiger partial charge on any atom is -0.508 e. The number of nitrogens with one attached hydrogen (secondary N) is 2. The van der Waals surface area contributed by atoms with Crippen LogP contribution >= 0.6 is 0 Å². The number of nitrogens with two attached hydrogens (primary N) is 2. The van der Waals surface area contributed by atoms with Gasteiger partial charge in [0.15, 0.2) is 0 Å². The molecule has 0 saturated carbocycles. The molecule has 1 fully saturated rings. The Morgan fingerprint density at radius 1 is 1.12 bits per heavy atom. The first kappa shape index (κ1) is 25.6. The van der Waals surface area contributed by atoms with Crippen LogP contribution in [0.5, 0.6) is 5.75 Å². The molecule has 8 N–H and O–H groups in total. The predicted molar refractivity (Wildman–Crippen MR) is 116 cm³/mol. The Kier molecular flexibility index (Phi) is 8.74. The van der Waals surface area contributed by atoms with Crippen molar-refractivity contribution < 1.29 is 34.2 Å². The summed E-state index contributed by atoms with van der Waals surface area (Å²) in [7, 11) is 0. The summed E-state index contributed by atoms with van der Waals surface area (Å²) in [4.78, 5) is 61.7. The molecule has 180 valence electrons. The van der Waals surface area contributed by atoms with E-state index in [1.807, 2.05) is 0 Å². The molecule has 4 unspecified atom stereocenters. The van der Waals surface area contributed by atoms with Gasteiger partial charge in [-0.3, -0.25) is 19.2 Å². The summed E-state index contributed by atoms with van der Waals surface area (Å²) in [5.74, 6) is -4.05. The maximum absolute atomic E-state index is 12.8. The largest absolute Gasteiger partial charge is 0.508 e. The summed E-state index contributed by atoms with van der Waals surface area (Å²) in [6, 6.07) is 1.67. The number of likely N-dealkylation sites (tertiary alicyclic amines) is 1. The van der Waals surface area contributed by atoms with Crippen LogP contribution < -0.4 is 22.1 Å². The molecular weight excluding hydrogens is 434 g/mol. The van der Waals surface area contributed by atoms with Crippen molar-refractivity contribution in [2.75, 3.05) is 6.54 Å². The van der Waals surface area contributed by atoms with Gasteiger partial charge in [-0.1, -0.05) is 12.1 Å². The Hall–Kier alpha value is -3.67. The highest BCUT2D eigenvalue weighted by atomic mass is 16.4. The summed E-state index contributed by atoms with van der Waals surface area (Å²) in [6.07, 6.45) is 0.387. The Bertz CT molecular complexity index is 905. The SMILES string of the molecule is CC(NC(=O)C(N)Cc1ccc(O)cc1)C(=O)NC(CC(N)=O)C(=O)N1CCCC1C(=O)O. The van der Waals surface area contributed by atoms with E-state index in [4.69, 9.17) is 11.5 Å². The van der Waals surface area contributed by atoms with Gasteiger partial charge in [-0.05, 0) is 43.9 Å². The fourth-order valence-electron chi connectivity index (χ4n) is 3.55. The fraction of sp³-hybridized carbons (Fsp3) is 0.476. The van der Waals surface area contributed by atoms with E-state index in [9.17, 15) is 34.2 Å². The molecule has 1 aliphatic rings. The van der Waals surface area contributed by atoms with E-state index in [1.165, 1.54) is 19.1 Å². The Morgan fingerprint density at radius 3 is 2.33 bits per heavy atom. The minimum atomic E-state index is -1.36. The number of aromatic hydroxyl groups is 1. The third-order valence-corrected chi connectivity index (χ3v) is 5.32. The molecule has 12 nitrogen and oxygen atoms in total. The molecule has 1 heterocycles. The Balaban J connectivity index is 1.98. The second-order valence-electron chi connectivity index (χ2n) is 7.97. The monoisotopic (exact) mass is 463 g/mol. The quantitative estimate of drug-likeness (QED) is 0.233. The van der Waals surface area contributed by atoms with Crippen molar-refractivity contribution in [3.63, 3.8) is 0 Å². The Labute approximate surface area is 190 Å². The van der Waals surface area contributed by atoms with Gasteiger partial charge in [0, 0.05) is 6.54 Å². The number of phenolic OH excluding ortho intramolecular Hbond substituents is 1. The highest BCUT2D eigenvalue weighted by Gasteiger charge is 2.38. The lowest BCUT2D eigenvalue weighted by Gasteiger charge is -2.27. The van der Waals surface area contributed by atoms with Crippen LogP contribution in [0.25, 0.3) is 0 Å². The van der Waals surface area contributed by atoms with E-state index >= 15 is 0 Å². The molecule has 0 aromatic heterocycles. The van der Waals surface area contributed by atoms with Crippen LogP contribution in [-0.4, -0.2) is 75.4 Å². The number of nitrogens with zero attached hydrogens (tertiary/aromatic N) is 1. The van der Waals surface area contributed by atoms with Gasteiger partial charge >= 0.3 is 5.97 Å². The first-order valence-electron chi connectivity index (χ1n) is 10.5. The van der Waals surface area contributed by atoms with Gasteiger partial charge in [-0.2, -0.15) is 0 Å². The number of aliphatic carboxylic acids is 1. The molecule has 33 heavy (non-hydrogen) atoms. The predicted octanol–water partition coefficient (Wildman–Crippen LogP) is -1.80. The highest BCUT2D eigenvalue weighted by Crippen LogP contribution is 2.19. The molecule has 12 heteroatoms. The van der Waals surface area contributed by atoms with Gasteiger partial charge < -0.3 is 37.2 Å². The number of carboxylic acid groups (broad SMARTS) is 1. The molecule has 1 saturated heterocycles. The van der Waals surface area contributed by atoms with Gasteiger partial charge in [0.1, 0.15) is 23.9 Å². The van der Waals surface area contributed by atoms with Crippen molar-refractivity contribution in [2.24, 2.45) is 11.5 Å². The third kappa shape index (κ3) is 7.17. The topological polar surface area (TPSA) is 205 Å². The van der Waals surface area contributed by atoms with Crippen molar-refractivity contribution in [1.82, 2.24) is 15.5 Å². The lowest BCUT2D eigenvalue weighted by Crippen LogP contribution is -2.57. The van der Waals surface area contributed by atoms with Crippen LogP contribution in [0.15, 0.2) is 24.3 Å². The van der Waals surface area contributed by atoms with Crippen molar-refractivity contribution in [3.8, 4) is 5.75 Å². The summed E-state index contributed by atoms with van der Waals surface area (Å²) >= 11 is 0. The fourth-order valence-corrected chi connectivity index (χ4v) is 3.55.